The third-order valence-electron chi connectivity index (χ3n) is 6.99. The second-order valence-corrected chi connectivity index (χ2v) is 11.1. The molecular formula is C34H53N3O13. The zero-order valence-electron chi connectivity index (χ0n) is 28.7. The Labute approximate surface area is 292 Å². The van der Waals surface area contributed by atoms with Crippen molar-refractivity contribution in [1.29, 1.82) is 0 Å². The smallest absolute Gasteiger partial charge is 0.335 e. The van der Waals surface area contributed by atoms with E-state index in [1.807, 2.05) is 0 Å². The molecule has 16 nitrogen and oxygen atoms in total. The number of aldehydes is 1. The van der Waals surface area contributed by atoms with Gasteiger partial charge in [0.1, 0.15) is 31.3 Å². The van der Waals surface area contributed by atoms with Gasteiger partial charge in [-0.1, -0.05) is 32.1 Å². The van der Waals surface area contributed by atoms with Crippen molar-refractivity contribution in [3.63, 3.8) is 0 Å². The first-order chi connectivity index (χ1) is 24.2. The van der Waals surface area contributed by atoms with Crippen molar-refractivity contribution in [3.8, 4) is 5.75 Å². The standard InChI is InChI=1S/C34H53N3O13/c38-17-21-48-23-22-46-19-15-35-31(40)26-49-25-24-47-20-16-36-33(43)29(13-14-32(41)42)37-30(39)8-6-4-2-1-3-5-7-18-50-28-11-9-27(10-12-28)34(44)45/h9-12,17,29H,1-8,13-16,18-26H2,(H,35,40)(H,36,43)(H,37,39)(H,41,42)(H,44,45). The number of aliphatic carboxylic acids is 1. The van der Waals surface area contributed by atoms with Gasteiger partial charge in [0.15, 0.2) is 0 Å². The summed E-state index contributed by atoms with van der Waals surface area (Å²) < 4.78 is 26.4. The fraction of sp³-hybridized carbons (Fsp3) is 0.647. The second-order valence-electron chi connectivity index (χ2n) is 11.1. The zero-order valence-corrected chi connectivity index (χ0v) is 28.7. The number of ether oxygens (including phenoxy) is 5. The number of carbonyl (C=O) groups excluding carboxylic acids is 4. The van der Waals surface area contributed by atoms with Gasteiger partial charge in [-0.3, -0.25) is 19.2 Å². The first-order valence-corrected chi connectivity index (χ1v) is 17.0. The Kier molecular flexibility index (Phi) is 26.1. The molecule has 1 aromatic rings. The Bertz CT molecular complexity index is 1120. The van der Waals surface area contributed by atoms with Crippen LogP contribution in [0.1, 0.15) is 74.6 Å². The summed E-state index contributed by atoms with van der Waals surface area (Å²) in [4.78, 5) is 68.9. The SMILES string of the molecule is O=CCOCCOCCNC(=O)COCCOCCNC(=O)C(CCC(=O)O)NC(=O)CCCCCCCCCOc1ccc(C(=O)O)cc1. The van der Waals surface area contributed by atoms with Crippen LogP contribution in [0.5, 0.6) is 5.75 Å². The van der Waals surface area contributed by atoms with Gasteiger partial charge in [-0.05, 0) is 43.5 Å². The molecule has 16 heteroatoms. The van der Waals surface area contributed by atoms with E-state index in [2.05, 4.69) is 16.0 Å². The van der Waals surface area contributed by atoms with Crippen LogP contribution in [0.4, 0.5) is 0 Å². The van der Waals surface area contributed by atoms with Crippen LogP contribution < -0.4 is 20.7 Å². The Hall–Kier alpha value is -4.12. The second kappa shape index (κ2) is 29.8. The minimum Gasteiger partial charge on any atom is -0.494 e. The molecule has 1 unspecified atom stereocenters. The van der Waals surface area contributed by atoms with Gasteiger partial charge in [0.25, 0.3) is 0 Å². The molecule has 0 saturated carbocycles. The highest BCUT2D eigenvalue weighted by Gasteiger charge is 2.21. The molecule has 0 saturated heterocycles. The number of nitrogens with one attached hydrogen (secondary N) is 3. The van der Waals surface area contributed by atoms with E-state index in [0.717, 1.165) is 38.5 Å². The molecule has 50 heavy (non-hydrogen) atoms. The van der Waals surface area contributed by atoms with E-state index in [1.54, 1.807) is 12.1 Å². The highest BCUT2D eigenvalue weighted by atomic mass is 16.5. The lowest BCUT2D eigenvalue weighted by molar-refractivity contribution is -0.138. The molecule has 0 aliphatic rings. The van der Waals surface area contributed by atoms with E-state index in [9.17, 15) is 28.8 Å². The van der Waals surface area contributed by atoms with Gasteiger partial charge in [-0.2, -0.15) is 0 Å². The van der Waals surface area contributed by atoms with Crippen LogP contribution in [-0.4, -0.2) is 125 Å². The molecule has 0 aliphatic carbocycles. The molecule has 1 atom stereocenters. The predicted octanol–water partition coefficient (Wildman–Crippen LogP) is 1.73. The maximum Gasteiger partial charge on any atom is 0.335 e. The van der Waals surface area contributed by atoms with E-state index >= 15 is 0 Å². The largest absolute Gasteiger partial charge is 0.494 e. The third kappa shape index (κ3) is 24.9. The average Bonchev–Trinajstić information content (AvgIpc) is 3.09. The van der Waals surface area contributed by atoms with Crippen molar-refractivity contribution < 1.29 is 62.7 Å². The molecule has 1 aromatic carbocycles. The lowest BCUT2D eigenvalue weighted by Crippen LogP contribution is -2.47. The number of rotatable bonds is 33. The monoisotopic (exact) mass is 711 g/mol. The Morgan fingerprint density at radius 2 is 1.26 bits per heavy atom. The van der Waals surface area contributed by atoms with Crippen LogP contribution in [0.25, 0.3) is 0 Å². The van der Waals surface area contributed by atoms with Gasteiger partial charge < -0.3 is 54.6 Å². The van der Waals surface area contributed by atoms with Gasteiger partial charge in [0.05, 0.1) is 51.8 Å². The normalized spacial score (nSPS) is 11.4. The lowest BCUT2D eigenvalue weighted by atomic mass is 10.1. The van der Waals surface area contributed by atoms with E-state index in [-0.39, 0.29) is 76.2 Å². The van der Waals surface area contributed by atoms with Crippen LogP contribution in [0, 0.1) is 0 Å². The minimum atomic E-state index is -1.07. The van der Waals surface area contributed by atoms with E-state index in [0.29, 0.717) is 51.4 Å². The number of carboxylic acids is 2. The number of amides is 3. The van der Waals surface area contributed by atoms with Crippen LogP contribution >= 0.6 is 0 Å². The minimum absolute atomic E-state index is 0.0206. The average molecular weight is 712 g/mol. The molecule has 0 heterocycles. The third-order valence-corrected chi connectivity index (χ3v) is 6.99. The summed E-state index contributed by atoms with van der Waals surface area (Å²) in [5.41, 5.74) is 0.217. The Morgan fingerprint density at radius 1 is 0.660 bits per heavy atom. The molecule has 0 aromatic heterocycles. The van der Waals surface area contributed by atoms with Crippen molar-refractivity contribution in [1.82, 2.24) is 16.0 Å². The molecular weight excluding hydrogens is 658 g/mol. The highest BCUT2D eigenvalue weighted by Crippen LogP contribution is 2.14. The lowest BCUT2D eigenvalue weighted by Gasteiger charge is -2.18. The summed E-state index contributed by atoms with van der Waals surface area (Å²) >= 11 is 0. The predicted molar refractivity (Wildman–Crippen MR) is 180 cm³/mol. The Balaban J connectivity index is 2.09. The molecule has 0 radical (unpaired) electrons. The molecule has 0 bridgehead atoms. The summed E-state index contributed by atoms with van der Waals surface area (Å²) in [6, 6.07) is 5.33. The van der Waals surface area contributed by atoms with Gasteiger partial charge in [0, 0.05) is 25.9 Å². The summed E-state index contributed by atoms with van der Waals surface area (Å²) in [6.07, 6.45) is 6.96. The first-order valence-electron chi connectivity index (χ1n) is 17.0. The Morgan fingerprint density at radius 3 is 1.90 bits per heavy atom. The van der Waals surface area contributed by atoms with E-state index in [1.165, 1.54) is 12.1 Å². The number of benzene rings is 1. The molecule has 5 N–H and O–H groups in total. The fourth-order valence-electron chi connectivity index (χ4n) is 4.38. The molecule has 0 spiro atoms. The van der Waals surface area contributed by atoms with Gasteiger partial charge in [-0.15, -0.1) is 0 Å². The maximum atomic E-state index is 12.6. The molecule has 3 amide bonds. The molecule has 0 aliphatic heterocycles. The highest BCUT2D eigenvalue weighted by molar-refractivity contribution is 5.88. The maximum absolute atomic E-state index is 12.6. The van der Waals surface area contributed by atoms with Crippen molar-refractivity contribution in [2.24, 2.45) is 0 Å². The van der Waals surface area contributed by atoms with Gasteiger partial charge >= 0.3 is 11.9 Å². The summed E-state index contributed by atoms with van der Waals surface area (Å²) in [5, 5.41) is 25.9. The molecule has 282 valence electrons. The van der Waals surface area contributed by atoms with Crippen molar-refractivity contribution in [2.45, 2.75) is 70.3 Å². The number of hydrogen-bond acceptors (Lipinski definition) is 11. The van der Waals surface area contributed by atoms with Crippen LogP contribution in [-0.2, 0) is 42.9 Å². The van der Waals surface area contributed by atoms with Crippen LogP contribution in [0.15, 0.2) is 24.3 Å². The van der Waals surface area contributed by atoms with Crippen LogP contribution in [0.3, 0.4) is 0 Å². The number of unbranched alkanes of at least 4 members (excludes halogenated alkanes) is 6. The molecule has 1 rings (SSSR count). The van der Waals surface area contributed by atoms with Crippen molar-refractivity contribution >= 4 is 35.9 Å². The van der Waals surface area contributed by atoms with Gasteiger partial charge in [-0.25, -0.2) is 4.79 Å². The number of aromatic carboxylic acids is 1. The van der Waals surface area contributed by atoms with E-state index in [4.69, 9.17) is 33.9 Å². The number of hydrogen-bond donors (Lipinski definition) is 5. The fourth-order valence-corrected chi connectivity index (χ4v) is 4.38. The van der Waals surface area contributed by atoms with Crippen molar-refractivity contribution in [3.05, 3.63) is 29.8 Å². The first kappa shape index (κ1) is 43.9. The quantitative estimate of drug-likeness (QED) is 0.0518. The van der Waals surface area contributed by atoms with Gasteiger partial charge in [0.2, 0.25) is 17.7 Å². The zero-order chi connectivity index (χ0) is 36.7. The van der Waals surface area contributed by atoms with E-state index < -0.39 is 23.9 Å². The summed E-state index contributed by atoms with van der Waals surface area (Å²) in [5.74, 6) is -2.52. The van der Waals surface area contributed by atoms with Crippen LogP contribution in [0.2, 0.25) is 0 Å². The number of carbonyl (C=O) groups is 6. The number of carboxylic acid groups (broad SMARTS) is 2. The summed E-state index contributed by atoms with van der Waals surface area (Å²) in [7, 11) is 0. The summed E-state index contributed by atoms with van der Waals surface area (Å²) in [6.45, 7) is 2.27. The van der Waals surface area contributed by atoms with Crippen molar-refractivity contribution in [2.75, 3.05) is 72.6 Å². The topological polar surface area (TPSA) is 225 Å². The molecule has 0 fully saturated rings.